The van der Waals surface area contributed by atoms with Gasteiger partial charge in [0.1, 0.15) is 0 Å². The number of likely N-dealkylation sites (N-methyl/N-ethyl adjacent to an activating group) is 1. The molecule has 1 aliphatic heterocycles. The molecule has 1 aromatic carbocycles. The highest BCUT2D eigenvalue weighted by atomic mass is 19.4. The van der Waals surface area contributed by atoms with Crippen molar-refractivity contribution in [2.75, 3.05) is 46.4 Å². The van der Waals surface area contributed by atoms with Crippen molar-refractivity contribution in [1.29, 1.82) is 0 Å². The zero-order valence-corrected chi connectivity index (χ0v) is 12.1. The lowest BCUT2D eigenvalue weighted by Crippen LogP contribution is -2.46. The van der Waals surface area contributed by atoms with E-state index < -0.39 is 11.7 Å². The molecule has 2 rings (SSSR count). The van der Waals surface area contributed by atoms with Crippen LogP contribution in [-0.4, -0.2) is 61.3 Å². The highest BCUT2D eigenvalue weighted by Crippen LogP contribution is 2.30. The summed E-state index contributed by atoms with van der Waals surface area (Å²) in [4.78, 5) is 4.49. The molecular weight excluding hydrogens is 281 g/mol. The van der Waals surface area contributed by atoms with Gasteiger partial charge in [0.25, 0.3) is 0 Å². The zero-order valence-electron chi connectivity index (χ0n) is 12.1. The summed E-state index contributed by atoms with van der Waals surface area (Å²) in [5, 5.41) is 9.53. The summed E-state index contributed by atoms with van der Waals surface area (Å²) < 4.78 is 37.6. The van der Waals surface area contributed by atoms with E-state index in [2.05, 4.69) is 16.8 Å². The van der Waals surface area contributed by atoms with Crippen LogP contribution in [0.4, 0.5) is 13.2 Å². The van der Waals surface area contributed by atoms with Crippen molar-refractivity contribution in [2.24, 2.45) is 0 Å². The van der Waals surface area contributed by atoms with Crippen molar-refractivity contribution >= 4 is 0 Å². The molecule has 118 valence electrons. The average Bonchev–Trinajstić information content (AvgIpc) is 2.46. The fourth-order valence-electron chi connectivity index (χ4n) is 2.55. The smallest absolute Gasteiger partial charge is 0.396 e. The van der Waals surface area contributed by atoms with Crippen LogP contribution in [0.2, 0.25) is 0 Å². The van der Waals surface area contributed by atoms with E-state index in [-0.39, 0.29) is 12.5 Å². The number of alkyl halides is 3. The summed E-state index contributed by atoms with van der Waals surface area (Å²) in [6.45, 7) is 4.42. The van der Waals surface area contributed by atoms with Crippen LogP contribution in [0.3, 0.4) is 0 Å². The van der Waals surface area contributed by atoms with E-state index in [0.29, 0.717) is 6.54 Å². The molecule has 6 heteroatoms. The van der Waals surface area contributed by atoms with Gasteiger partial charge in [-0.15, -0.1) is 0 Å². The van der Waals surface area contributed by atoms with Gasteiger partial charge in [-0.2, -0.15) is 13.2 Å². The summed E-state index contributed by atoms with van der Waals surface area (Å²) >= 11 is 0. The Kier molecular flexibility index (Phi) is 5.24. The number of hydrogen-bond acceptors (Lipinski definition) is 3. The maximum absolute atomic E-state index is 12.5. The summed E-state index contributed by atoms with van der Waals surface area (Å²) in [7, 11) is 2.07. The van der Waals surface area contributed by atoms with Crippen molar-refractivity contribution in [3.05, 3.63) is 35.4 Å². The number of halogens is 3. The molecule has 1 aliphatic rings. The van der Waals surface area contributed by atoms with Crippen molar-refractivity contribution < 1.29 is 18.3 Å². The second kappa shape index (κ2) is 6.77. The molecule has 1 unspecified atom stereocenters. The largest absolute Gasteiger partial charge is 0.416 e. The number of piperazine rings is 1. The Balaban J connectivity index is 2.00. The first-order valence-electron chi connectivity index (χ1n) is 7.09. The van der Waals surface area contributed by atoms with Gasteiger partial charge in [-0.3, -0.25) is 0 Å². The second-order valence-corrected chi connectivity index (χ2v) is 5.60. The van der Waals surface area contributed by atoms with Gasteiger partial charge >= 0.3 is 6.18 Å². The van der Waals surface area contributed by atoms with Crippen LogP contribution in [0.15, 0.2) is 24.3 Å². The molecular formula is C15H21F3N2O. The van der Waals surface area contributed by atoms with Crippen molar-refractivity contribution in [2.45, 2.75) is 12.1 Å². The first-order valence-corrected chi connectivity index (χ1v) is 7.09. The van der Waals surface area contributed by atoms with Gasteiger partial charge in [-0.05, 0) is 24.7 Å². The van der Waals surface area contributed by atoms with E-state index in [1.165, 1.54) is 12.1 Å². The molecule has 1 atom stereocenters. The third-order valence-electron chi connectivity index (χ3n) is 4.00. The number of hydrogen-bond donors (Lipinski definition) is 1. The zero-order chi connectivity index (χ0) is 15.5. The van der Waals surface area contributed by atoms with E-state index in [9.17, 15) is 18.3 Å². The van der Waals surface area contributed by atoms with Crippen LogP contribution in [-0.2, 0) is 6.18 Å². The van der Waals surface area contributed by atoms with Gasteiger partial charge < -0.3 is 14.9 Å². The topological polar surface area (TPSA) is 26.7 Å². The van der Waals surface area contributed by atoms with E-state index >= 15 is 0 Å². The lowest BCUT2D eigenvalue weighted by atomic mass is 9.97. The first-order chi connectivity index (χ1) is 9.90. The maximum Gasteiger partial charge on any atom is 0.416 e. The highest BCUT2D eigenvalue weighted by molar-refractivity contribution is 5.27. The molecule has 0 aromatic heterocycles. The summed E-state index contributed by atoms with van der Waals surface area (Å²) in [6, 6.07) is 5.11. The van der Waals surface area contributed by atoms with Crippen LogP contribution in [0.5, 0.6) is 0 Å². The van der Waals surface area contributed by atoms with Crippen molar-refractivity contribution in [3.8, 4) is 0 Å². The Morgan fingerprint density at radius 2 is 1.67 bits per heavy atom. The molecule has 0 spiro atoms. The molecule has 1 N–H and O–H groups in total. The van der Waals surface area contributed by atoms with Gasteiger partial charge in [0, 0.05) is 38.6 Å². The van der Waals surface area contributed by atoms with Gasteiger partial charge in [0.15, 0.2) is 0 Å². The Labute approximate surface area is 123 Å². The number of aliphatic hydroxyl groups excluding tert-OH is 1. The predicted octanol–water partition coefficient (Wildman–Crippen LogP) is 2.03. The lowest BCUT2D eigenvalue weighted by Gasteiger charge is -2.34. The van der Waals surface area contributed by atoms with Crippen LogP contribution >= 0.6 is 0 Å². The Morgan fingerprint density at radius 3 is 2.14 bits per heavy atom. The number of aliphatic hydroxyl groups is 1. The molecule has 21 heavy (non-hydrogen) atoms. The summed E-state index contributed by atoms with van der Waals surface area (Å²) in [5.41, 5.74) is 0.104. The van der Waals surface area contributed by atoms with Gasteiger partial charge in [0.2, 0.25) is 0 Å². The van der Waals surface area contributed by atoms with E-state index in [4.69, 9.17) is 0 Å². The Bertz CT molecular complexity index is 439. The Morgan fingerprint density at radius 1 is 1.10 bits per heavy atom. The lowest BCUT2D eigenvalue weighted by molar-refractivity contribution is -0.137. The molecule has 0 saturated carbocycles. The van der Waals surface area contributed by atoms with Crippen LogP contribution in [0, 0.1) is 0 Å². The molecule has 0 bridgehead atoms. The fraction of sp³-hybridized carbons (Fsp3) is 0.600. The second-order valence-electron chi connectivity index (χ2n) is 5.60. The minimum Gasteiger partial charge on any atom is -0.396 e. The van der Waals surface area contributed by atoms with Gasteiger partial charge in [-0.25, -0.2) is 0 Å². The van der Waals surface area contributed by atoms with E-state index in [1.807, 2.05) is 0 Å². The monoisotopic (exact) mass is 302 g/mol. The third kappa shape index (κ3) is 4.43. The third-order valence-corrected chi connectivity index (χ3v) is 4.00. The molecule has 0 aliphatic carbocycles. The van der Waals surface area contributed by atoms with Crippen LogP contribution in [0.25, 0.3) is 0 Å². The number of rotatable bonds is 4. The fourth-order valence-corrected chi connectivity index (χ4v) is 2.55. The highest BCUT2D eigenvalue weighted by Gasteiger charge is 2.30. The number of benzene rings is 1. The van der Waals surface area contributed by atoms with E-state index in [0.717, 1.165) is 43.9 Å². The van der Waals surface area contributed by atoms with Gasteiger partial charge in [-0.1, -0.05) is 12.1 Å². The molecule has 1 fully saturated rings. The van der Waals surface area contributed by atoms with Crippen molar-refractivity contribution in [3.63, 3.8) is 0 Å². The SMILES string of the molecule is CN1CCN(CC(CO)c2ccc(C(F)(F)F)cc2)CC1. The van der Waals surface area contributed by atoms with Crippen LogP contribution < -0.4 is 0 Å². The molecule has 3 nitrogen and oxygen atoms in total. The normalized spacial score (nSPS) is 19.7. The molecule has 1 saturated heterocycles. The molecule has 0 amide bonds. The first kappa shape index (κ1) is 16.3. The quantitative estimate of drug-likeness (QED) is 0.922. The van der Waals surface area contributed by atoms with E-state index in [1.54, 1.807) is 0 Å². The predicted molar refractivity (Wildman–Crippen MR) is 75.2 cm³/mol. The minimum atomic E-state index is -4.31. The maximum atomic E-state index is 12.5. The number of nitrogens with zero attached hydrogens (tertiary/aromatic N) is 2. The summed E-state index contributed by atoms with van der Waals surface area (Å²) in [5.74, 6) is -0.143. The Hall–Kier alpha value is -1.11. The minimum absolute atomic E-state index is 0.0578. The summed E-state index contributed by atoms with van der Waals surface area (Å²) in [6.07, 6.45) is -4.31. The average molecular weight is 302 g/mol. The van der Waals surface area contributed by atoms with Crippen LogP contribution in [0.1, 0.15) is 17.0 Å². The molecule has 1 aromatic rings. The van der Waals surface area contributed by atoms with Gasteiger partial charge in [0.05, 0.1) is 12.2 Å². The van der Waals surface area contributed by atoms with Crippen molar-refractivity contribution in [1.82, 2.24) is 9.80 Å². The molecule has 1 heterocycles. The standard InChI is InChI=1S/C15H21F3N2O/c1-19-6-8-20(9-7-19)10-13(11-21)12-2-4-14(5-3-12)15(16,17)18/h2-5,13,21H,6-11H2,1H3. The molecule has 0 radical (unpaired) electrons.